The van der Waals surface area contributed by atoms with Gasteiger partial charge in [-0.1, -0.05) is 18.2 Å². The second-order valence-electron chi connectivity index (χ2n) is 5.16. The molecule has 0 aliphatic heterocycles. The van der Waals surface area contributed by atoms with E-state index in [1.54, 1.807) is 6.07 Å². The zero-order chi connectivity index (χ0) is 13.2. The Kier molecular flexibility index (Phi) is 3.38. The van der Waals surface area contributed by atoms with E-state index < -0.39 is 0 Å². The lowest BCUT2D eigenvalue weighted by Gasteiger charge is -2.20. The quantitative estimate of drug-likeness (QED) is 0.899. The third-order valence-corrected chi connectivity index (χ3v) is 3.94. The molecule has 0 bridgehead atoms. The Morgan fingerprint density at radius 3 is 2.95 bits per heavy atom. The molecule has 0 saturated carbocycles. The maximum Gasteiger partial charge on any atom is 0.126 e. The van der Waals surface area contributed by atoms with Gasteiger partial charge in [-0.3, -0.25) is 0 Å². The molecule has 1 unspecified atom stereocenters. The lowest BCUT2D eigenvalue weighted by Crippen LogP contribution is -2.13. The molecule has 0 saturated heterocycles. The van der Waals surface area contributed by atoms with E-state index in [-0.39, 0.29) is 11.9 Å². The van der Waals surface area contributed by atoms with Crippen LogP contribution in [-0.2, 0) is 19.4 Å². The average Bonchev–Trinajstić information content (AvgIpc) is 2.83. The summed E-state index contributed by atoms with van der Waals surface area (Å²) in [4.78, 5) is 0. The molecule has 100 valence electrons. The first-order valence-electron chi connectivity index (χ1n) is 6.85. The van der Waals surface area contributed by atoms with E-state index in [9.17, 15) is 9.50 Å². The van der Waals surface area contributed by atoms with Gasteiger partial charge in [0.25, 0.3) is 0 Å². The van der Waals surface area contributed by atoms with Crippen molar-refractivity contribution in [2.75, 3.05) is 0 Å². The topological polar surface area (TPSA) is 25.2 Å². The van der Waals surface area contributed by atoms with Gasteiger partial charge in [-0.2, -0.15) is 0 Å². The summed E-state index contributed by atoms with van der Waals surface area (Å²) in [6, 6.07) is 8.92. The molecule has 1 aliphatic rings. The monoisotopic (exact) mass is 259 g/mol. The molecule has 3 rings (SSSR count). The fourth-order valence-electron chi connectivity index (χ4n) is 2.88. The molecule has 1 N–H and O–H groups in total. The molecule has 1 aromatic heterocycles. The van der Waals surface area contributed by atoms with E-state index >= 15 is 0 Å². The minimum Gasteiger partial charge on any atom is -0.388 e. The standard InChI is InChI=1S/C16H18FNO/c17-14-5-2-1-4-12(14)8-10-18-11-9-13-15(18)6-3-7-16(13)19/h1-2,4-5,9,11,16,19H,3,6-8,10H2. The predicted octanol–water partition coefficient (Wildman–Crippen LogP) is 3.24. The first-order valence-corrected chi connectivity index (χ1v) is 6.85. The average molecular weight is 259 g/mol. The van der Waals surface area contributed by atoms with Gasteiger partial charge in [0.05, 0.1) is 6.10 Å². The van der Waals surface area contributed by atoms with Gasteiger partial charge in [0.15, 0.2) is 0 Å². The molecule has 1 aliphatic carbocycles. The summed E-state index contributed by atoms with van der Waals surface area (Å²) in [6.07, 6.45) is 5.27. The zero-order valence-corrected chi connectivity index (χ0v) is 10.8. The molecule has 1 atom stereocenters. The Morgan fingerprint density at radius 2 is 2.11 bits per heavy atom. The van der Waals surface area contributed by atoms with Crippen molar-refractivity contribution in [2.45, 2.75) is 38.3 Å². The molecule has 1 heterocycles. The molecule has 0 fully saturated rings. The van der Waals surface area contributed by atoms with Gasteiger partial charge >= 0.3 is 0 Å². The molecule has 19 heavy (non-hydrogen) atoms. The fraction of sp³-hybridized carbons (Fsp3) is 0.375. The maximum atomic E-state index is 13.6. The second kappa shape index (κ2) is 5.17. The van der Waals surface area contributed by atoms with Crippen LogP contribution in [-0.4, -0.2) is 9.67 Å². The number of aromatic nitrogens is 1. The summed E-state index contributed by atoms with van der Waals surface area (Å²) in [5, 5.41) is 9.93. The fourth-order valence-corrected chi connectivity index (χ4v) is 2.88. The highest BCUT2D eigenvalue weighted by Gasteiger charge is 2.20. The van der Waals surface area contributed by atoms with Crippen LogP contribution in [0.15, 0.2) is 36.5 Å². The molecule has 1 aromatic carbocycles. The highest BCUT2D eigenvalue weighted by atomic mass is 19.1. The summed E-state index contributed by atoms with van der Waals surface area (Å²) in [7, 11) is 0. The van der Waals surface area contributed by atoms with E-state index in [1.165, 1.54) is 11.8 Å². The highest BCUT2D eigenvalue weighted by molar-refractivity contribution is 5.27. The Bertz CT molecular complexity index is 576. The van der Waals surface area contributed by atoms with E-state index in [1.807, 2.05) is 24.4 Å². The van der Waals surface area contributed by atoms with Crippen LogP contribution in [0.4, 0.5) is 4.39 Å². The number of aryl methyl sites for hydroxylation is 2. The summed E-state index contributed by atoms with van der Waals surface area (Å²) in [5.41, 5.74) is 3.02. The number of aliphatic hydroxyl groups is 1. The normalized spacial score (nSPS) is 18.3. The lowest BCUT2D eigenvalue weighted by molar-refractivity contribution is 0.155. The molecule has 3 heteroatoms. The number of nitrogens with zero attached hydrogens (tertiary/aromatic N) is 1. The van der Waals surface area contributed by atoms with Gasteiger partial charge in [0.2, 0.25) is 0 Å². The SMILES string of the molecule is OC1CCCc2c1ccn2CCc1ccccc1F. The Hall–Kier alpha value is -1.61. The summed E-state index contributed by atoms with van der Waals surface area (Å²) >= 11 is 0. The smallest absolute Gasteiger partial charge is 0.126 e. The lowest BCUT2D eigenvalue weighted by atomic mass is 9.95. The number of aliphatic hydroxyl groups excluding tert-OH is 1. The van der Waals surface area contributed by atoms with Crippen molar-refractivity contribution in [3.63, 3.8) is 0 Å². The number of rotatable bonds is 3. The number of hydrogen-bond acceptors (Lipinski definition) is 1. The van der Waals surface area contributed by atoms with Crippen LogP contribution in [0.5, 0.6) is 0 Å². The van der Waals surface area contributed by atoms with E-state index in [0.717, 1.165) is 36.9 Å². The molecule has 0 spiro atoms. The first-order chi connectivity index (χ1) is 9.25. The Labute approximate surface area is 112 Å². The van der Waals surface area contributed by atoms with Gasteiger partial charge in [0, 0.05) is 24.0 Å². The minimum atomic E-state index is -0.321. The van der Waals surface area contributed by atoms with Gasteiger partial charge in [0.1, 0.15) is 5.82 Å². The summed E-state index contributed by atoms with van der Waals surface area (Å²) in [5.74, 6) is -0.136. The van der Waals surface area contributed by atoms with Crippen molar-refractivity contribution in [3.05, 3.63) is 59.2 Å². The molecular formula is C16H18FNO. The van der Waals surface area contributed by atoms with Crippen LogP contribution < -0.4 is 0 Å². The number of halogens is 1. The van der Waals surface area contributed by atoms with E-state index in [2.05, 4.69) is 4.57 Å². The van der Waals surface area contributed by atoms with Crippen molar-refractivity contribution < 1.29 is 9.50 Å². The van der Waals surface area contributed by atoms with Gasteiger partial charge in [-0.15, -0.1) is 0 Å². The Morgan fingerprint density at radius 1 is 1.26 bits per heavy atom. The van der Waals surface area contributed by atoms with Crippen molar-refractivity contribution in [1.82, 2.24) is 4.57 Å². The zero-order valence-electron chi connectivity index (χ0n) is 10.8. The summed E-state index contributed by atoms with van der Waals surface area (Å²) in [6.45, 7) is 0.767. The molecular weight excluding hydrogens is 241 g/mol. The Balaban J connectivity index is 1.76. The van der Waals surface area contributed by atoms with E-state index in [4.69, 9.17) is 0 Å². The third kappa shape index (κ3) is 2.43. The first kappa shape index (κ1) is 12.4. The number of benzene rings is 1. The van der Waals surface area contributed by atoms with Gasteiger partial charge in [-0.05, 0) is 43.4 Å². The number of hydrogen-bond donors (Lipinski definition) is 1. The van der Waals surface area contributed by atoms with Crippen LogP contribution in [0, 0.1) is 5.82 Å². The van der Waals surface area contributed by atoms with E-state index in [0.29, 0.717) is 6.42 Å². The van der Waals surface area contributed by atoms with Crippen LogP contribution in [0.25, 0.3) is 0 Å². The van der Waals surface area contributed by atoms with Crippen LogP contribution in [0.3, 0.4) is 0 Å². The molecule has 2 nitrogen and oxygen atoms in total. The van der Waals surface area contributed by atoms with Crippen LogP contribution in [0.2, 0.25) is 0 Å². The largest absolute Gasteiger partial charge is 0.388 e. The third-order valence-electron chi connectivity index (χ3n) is 3.94. The molecule has 2 aromatic rings. The number of fused-ring (bicyclic) bond motifs is 1. The van der Waals surface area contributed by atoms with Gasteiger partial charge < -0.3 is 9.67 Å². The maximum absolute atomic E-state index is 13.6. The van der Waals surface area contributed by atoms with Gasteiger partial charge in [-0.25, -0.2) is 4.39 Å². The summed E-state index contributed by atoms with van der Waals surface area (Å²) < 4.78 is 15.7. The van der Waals surface area contributed by atoms with Crippen molar-refractivity contribution in [3.8, 4) is 0 Å². The van der Waals surface area contributed by atoms with Crippen molar-refractivity contribution in [1.29, 1.82) is 0 Å². The molecule has 0 radical (unpaired) electrons. The van der Waals surface area contributed by atoms with Crippen LogP contribution in [0.1, 0.15) is 35.8 Å². The predicted molar refractivity (Wildman–Crippen MR) is 72.4 cm³/mol. The van der Waals surface area contributed by atoms with Crippen molar-refractivity contribution in [2.24, 2.45) is 0 Å². The van der Waals surface area contributed by atoms with Crippen molar-refractivity contribution >= 4 is 0 Å². The molecule has 0 amide bonds. The van der Waals surface area contributed by atoms with Crippen LogP contribution >= 0.6 is 0 Å². The highest BCUT2D eigenvalue weighted by Crippen LogP contribution is 2.30. The minimum absolute atomic E-state index is 0.136. The second-order valence-corrected chi connectivity index (χ2v) is 5.16.